The van der Waals surface area contributed by atoms with Gasteiger partial charge in [0.1, 0.15) is 6.33 Å². The molecule has 0 unspecified atom stereocenters. The molecule has 0 saturated carbocycles. The first-order valence-electron chi connectivity index (χ1n) is 5.20. The van der Waals surface area contributed by atoms with Crippen molar-refractivity contribution in [1.29, 1.82) is 0 Å². The highest BCUT2D eigenvalue weighted by atomic mass is 35.5. The molecule has 0 spiro atoms. The molecular formula is C10H15ClN4O. The van der Waals surface area contributed by atoms with Crippen LogP contribution in [0.25, 0.3) is 0 Å². The minimum atomic E-state index is 0.367. The van der Waals surface area contributed by atoms with E-state index in [1.54, 1.807) is 7.11 Å². The van der Waals surface area contributed by atoms with Crippen LogP contribution in [-0.4, -0.2) is 55.2 Å². The second-order valence-electron chi connectivity index (χ2n) is 3.81. The fourth-order valence-corrected chi connectivity index (χ4v) is 1.97. The summed E-state index contributed by atoms with van der Waals surface area (Å²) in [6.07, 6.45) is 1.47. The zero-order valence-electron chi connectivity index (χ0n) is 9.48. The Morgan fingerprint density at radius 1 is 1.25 bits per heavy atom. The van der Waals surface area contributed by atoms with Crippen LogP contribution in [-0.2, 0) is 0 Å². The number of anilines is 1. The molecule has 0 aliphatic carbocycles. The highest BCUT2D eigenvalue weighted by molar-refractivity contribution is 6.31. The van der Waals surface area contributed by atoms with Gasteiger partial charge in [0.15, 0.2) is 16.7 Å². The smallest absolute Gasteiger partial charge is 0.199 e. The van der Waals surface area contributed by atoms with Crippen LogP contribution >= 0.6 is 11.6 Å². The van der Waals surface area contributed by atoms with E-state index < -0.39 is 0 Å². The first-order chi connectivity index (χ1) is 7.72. The second-order valence-corrected chi connectivity index (χ2v) is 4.17. The Bertz CT molecular complexity index is 366. The van der Waals surface area contributed by atoms with Gasteiger partial charge in [0.05, 0.1) is 7.11 Å². The second kappa shape index (κ2) is 4.84. The van der Waals surface area contributed by atoms with Crippen molar-refractivity contribution in [3.63, 3.8) is 0 Å². The van der Waals surface area contributed by atoms with Gasteiger partial charge in [0.2, 0.25) is 0 Å². The third-order valence-electron chi connectivity index (χ3n) is 2.75. The molecule has 0 bridgehead atoms. The molecular weight excluding hydrogens is 228 g/mol. The van der Waals surface area contributed by atoms with E-state index in [0.717, 1.165) is 32.0 Å². The molecule has 0 radical (unpaired) electrons. The van der Waals surface area contributed by atoms with E-state index in [0.29, 0.717) is 10.9 Å². The van der Waals surface area contributed by atoms with Gasteiger partial charge >= 0.3 is 0 Å². The summed E-state index contributed by atoms with van der Waals surface area (Å²) in [5.41, 5.74) is 0. The SMILES string of the molecule is COc1c(Cl)ncnc1N1CCN(C)CC1. The Labute approximate surface area is 100.0 Å². The lowest BCUT2D eigenvalue weighted by Gasteiger charge is -2.33. The van der Waals surface area contributed by atoms with Crippen molar-refractivity contribution in [2.75, 3.05) is 45.2 Å². The average Bonchev–Trinajstić information content (AvgIpc) is 2.30. The molecule has 1 aromatic rings. The standard InChI is InChI=1S/C10H15ClN4O/c1-14-3-5-15(6-4-14)10-8(16-2)9(11)12-7-13-10/h7H,3-6H2,1-2H3. The van der Waals surface area contributed by atoms with Crippen molar-refractivity contribution >= 4 is 17.4 Å². The van der Waals surface area contributed by atoms with Gasteiger partial charge in [-0.25, -0.2) is 9.97 Å². The van der Waals surface area contributed by atoms with Gasteiger partial charge in [-0.3, -0.25) is 0 Å². The lowest BCUT2D eigenvalue weighted by atomic mass is 10.3. The Balaban J connectivity index is 2.23. The molecule has 2 rings (SSSR count). The van der Waals surface area contributed by atoms with Crippen molar-refractivity contribution in [3.8, 4) is 5.75 Å². The van der Waals surface area contributed by atoms with E-state index in [9.17, 15) is 0 Å². The number of ether oxygens (including phenoxy) is 1. The van der Waals surface area contributed by atoms with Crippen LogP contribution in [0.5, 0.6) is 5.75 Å². The Hall–Kier alpha value is -1.07. The molecule has 16 heavy (non-hydrogen) atoms. The zero-order chi connectivity index (χ0) is 11.5. The summed E-state index contributed by atoms with van der Waals surface area (Å²) in [5, 5.41) is 0.367. The zero-order valence-corrected chi connectivity index (χ0v) is 10.2. The van der Waals surface area contributed by atoms with Crippen molar-refractivity contribution in [1.82, 2.24) is 14.9 Å². The van der Waals surface area contributed by atoms with Gasteiger partial charge in [-0.15, -0.1) is 0 Å². The monoisotopic (exact) mass is 242 g/mol. The van der Waals surface area contributed by atoms with E-state index >= 15 is 0 Å². The number of likely N-dealkylation sites (N-methyl/N-ethyl adjacent to an activating group) is 1. The molecule has 6 heteroatoms. The number of piperazine rings is 1. The molecule has 1 aliphatic rings. The van der Waals surface area contributed by atoms with E-state index in [4.69, 9.17) is 16.3 Å². The van der Waals surface area contributed by atoms with Gasteiger partial charge in [-0.1, -0.05) is 11.6 Å². The highest BCUT2D eigenvalue weighted by Crippen LogP contribution is 2.31. The number of hydrogen-bond acceptors (Lipinski definition) is 5. The van der Waals surface area contributed by atoms with Crippen molar-refractivity contribution < 1.29 is 4.74 Å². The molecule has 5 nitrogen and oxygen atoms in total. The summed E-state index contributed by atoms with van der Waals surface area (Å²) in [5.74, 6) is 1.35. The summed E-state index contributed by atoms with van der Waals surface area (Å²) in [4.78, 5) is 12.6. The Morgan fingerprint density at radius 2 is 1.94 bits per heavy atom. The lowest BCUT2D eigenvalue weighted by Crippen LogP contribution is -2.45. The minimum absolute atomic E-state index is 0.367. The van der Waals surface area contributed by atoms with Crippen LogP contribution in [0.3, 0.4) is 0 Å². The predicted octanol–water partition coefficient (Wildman–Crippen LogP) is 0.890. The Kier molecular flexibility index (Phi) is 3.46. The third kappa shape index (κ3) is 2.20. The third-order valence-corrected chi connectivity index (χ3v) is 3.02. The maximum absolute atomic E-state index is 5.96. The van der Waals surface area contributed by atoms with E-state index in [1.807, 2.05) is 0 Å². The van der Waals surface area contributed by atoms with Crippen LogP contribution < -0.4 is 9.64 Å². The van der Waals surface area contributed by atoms with E-state index in [2.05, 4.69) is 26.8 Å². The maximum Gasteiger partial charge on any atom is 0.199 e. The average molecular weight is 243 g/mol. The first-order valence-corrected chi connectivity index (χ1v) is 5.58. The number of hydrogen-bond donors (Lipinski definition) is 0. The number of methoxy groups -OCH3 is 1. The van der Waals surface area contributed by atoms with Crippen LogP contribution in [0.15, 0.2) is 6.33 Å². The van der Waals surface area contributed by atoms with Gasteiger partial charge in [-0.2, -0.15) is 0 Å². The summed E-state index contributed by atoms with van der Waals surface area (Å²) in [6, 6.07) is 0. The fourth-order valence-electron chi connectivity index (χ4n) is 1.76. The molecule has 0 atom stereocenters. The van der Waals surface area contributed by atoms with Gasteiger partial charge in [0, 0.05) is 26.2 Å². The van der Waals surface area contributed by atoms with E-state index in [-0.39, 0.29) is 0 Å². The minimum Gasteiger partial charge on any atom is -0.490 e. The summed E-state index contributed by atoms with van der Waals surface area (Å²) in [6.45, 7) is 3.90. The number of halogens is 1. The highest BCUT2D eigenvalue weighted by Gasteiger charge is 2.20. The predicted molar refractivity (Wildman–Crippen MR) is 63.3 cm³/mol. The normalized spacial score (nSPS) is 17.6. The molecule has 1 fully saturated rings. The topological polar surface area (TPSA) is 41.5 Å². The summed E-state index contributed by atoms with van der Waals surface area (Å²) < 4.78 is 5.24. The molecule has 1 saturated heterocycles. The van der Waals surface area contributed by atoms with Gasteiger partial charge < -0.3 is 14.5 Å². The number of nitrogens with zero attached hydrogens (tertiary/aromatic N) is 4. The molecule has 0 aromatic carbocycles. The summed E-state index contributed by atoms with van der Waals surface area (Å²) >= 11 is 5.96. The van der Waals surface area contributed by atoms with Crippen molar-refractivity contribution in [3.05, 3.63) is 11.5 Å². The molecule has 1 aliphatic heterocycles. The van der Waals surface area contributed by atoms with Crippen LogP contribution in [0.1, 0.15) is 0 Å². The fraction of sp³-hybridized carbons (Fsp3) is 0.600. The maximum atomic E-state index is 5.96. The molecule has 0 amide bonds. The van der Waals surface area contributed by atoms with Crippen LogP contribution in [0.2, 0.25) is 5.15 Å². The Morgan fingerprint density at radius 3 is 2.56 bits per heavy atom. The molecule has 0 N–H and O–H groups in total. The lowest BCUT2D eigenvalue weighted by molar-refractivity contribution is 0.310. The van der Waals surface area contributed by atoms with Gasteiger partial charge in [0.25, 0.3) is 0 Å². The molecule has 88 valence electrons. The van der Waals surface area contributed by atoms with Crippen LogP contribution in [0, 0.1) is 0 Å². The van der Waals surface area contributed by atoms with Crippen LogP contribution in [0.4, 0.5) is 5.82 Å². The quantitative estimate of drug-likeness (QED) is 0.721. The molecule has 1 aromatic heterocycles. The van der Waals surface area contributed by atoms with Gasteiger partial charge in [-0.05, 0) is 7.05 Å². The molecule has 2 heterocycles. The first kappa shape index (κ1) is 11.4. The van der Waals surface area contributed by atoms with E-state index in [1.165, 1.54) is 6.33 Å². The summed E-state index contributed by atoms with van der Waals surface area (Å²) in [7, 11) is 3.70. The van der Waals surface area contributed by atoms with Crippen molar-refractivity contribution in [2.45, 2.75) is 0 Å². The number of rotatable bonds is 2. The largest absolute Gasteiger partial charge is 0.490 e. The van der Waals surface area contributed by atoms with Crippen molar-refractivity contribution in [2.24, 2.45) is 0 Å². The number of aromatic nitrogens is 2.